The van der Waals surface area contributed by atoms with Gasteiger partial charge in [-0.2, -0.15) is 0 Å². The van der Waals surface area contributed by atoms with Gasteiger partial charge in [0.05, 0.1) is 0 Å². The zero-order valence-corrected chi connectivity index (χ0v) is 14.0. The summed E-state index contributed by atoms with van der Waals surface area (Å²) in [5.41, 5.74) is 3.39. The summed E-state index contributed by atoms with van der Waals surface area (Å²) >= 11 is 0. The molecule has 0 radical (unpaired) electrons. The lowest BCUT2D eigenvalue weighted by molar-refractivity contribution is -0.116. The summed E-state index contributed by atoms with van der Waals surface area (Å²) in [5.74, 6) is 0.613. The largest absolute Gasteiger partial charge is 0.441 e. The molecule has 0 fully saturated rings. The molecule has 0 aliphatic heterocycles. The zero-order valence-electron chi connectivity index (χ0n) is 14.0. The molecule has 1 aromatic heterocycles. The van der Waals surface area contributed by atoms with Gasteiger partial charge in [-0.25, -0.2) is 4.98 Å². The second-order valence-corrected chi connectivity index (χ2v) is 6.15. The second-order valence-electron chi connectivity index (χ2n) is 6.15. The van der Waals surface area contributed by atoms with E-state index in [9.17, 15) is 4.79 Å². The Balaban J connectivity index is 1.42. The van der Waals surface area contributed by atoms with Gasteiger partial charge in [-0.3, -0.25) is 4.79 Å². The van der Waals surface area contributed by atoms with Crippen molar-refractivity contribution in [1.29, 1.82) is 0 Å². The molecule has 0 saturated carbocycles. The van der Waals surface area contributed by atoms with Crippen LogP contribution in [0.5, 0.6) is 0 Å². The lowest BCUT2D eigenvalue weighted by Crippen LogP contribution is -2.12. The predicted octanol–water partition coefficient (Wildman–Crippen LogP) is 4.86. The van der Waals surface area contributed by atoms with Crippen molar-refractivity contribution >= 4 is 33.5 Å². The maximum atomic E-state index is 12.2. The maximum absolute atomic E-state index is 12.2. The fourth-order valence-electron chi connectivity index (χ4n) is 3.00. The highest BCUT2D eigenvalue weighted by molar-refractivity contribution is 5.93. The number of hydrogen-bond donors (Lipinski definition) is 1. The number of anilines is 1. The topological polar surface area (TPSA) is 55.1 Å². The van der Waals surface area contributed by atoms with Crippen LogP contribution in [0.3, 0.4) is 0 Å². The first-order valence-electron chi connectivity index (χ1n) is 8.32. The van der Waals surface area contributed by atoms with E-state index in [0.29, 0.717) is 18.7 Å². The van der Waals surface area contributed by atoms with E-state index in [2.05, 4.69) is 40.6 Å². The Morgan fingerprint density at radius 3 is 2.76 bits per heavy atom. The van der Waals surface area contributed by atoms with Crippen molar-refractivity contribution in [2.24, 2.45) is 0 Å². The van der Waals surface area contributed by atoms with Crippen LogP contribution >= 0.6 is 0 Å². The molecule has 4 rings (SSSR count). The Hall–Kier alpha value is -3.14. The highest BCUT2D eigenvalue weighted by Crippen LogP contribution is 2.20. The Bertz CT molecular complexity index is 1070. The fraction of sp³-hybridized carbons (Fsp3) is 0.143. The molecule has 4 aromatic rings. The van der Waals surface area contributed by atoms with Crippen LogP contribution in [-0.2, 0) is 11.2 Å². The van der Waals surface area contributed by atoms with Gasteiger partial charge in [-0.15, -0.1) is 0 Å². The molecule has 25 heavy (non-hydrogen) atoms. The number of benzene rings is 3. The standard InChI is InChI=1S/C21H18N2O2/c1-14-22-19-13-18(9-10-20(19)25-14)23-21(24)11-7-15-6-8-16-4-2-3-5-17(16)12-15/h2-6,8-10,12-13H,7,11H2,1H3,(H,23,24). The molecule has 1 amide bonds. The highest BCUT2D eigenvalue weighted by Gasteiger charge is 2.07. The monoisotopic (exact) mass is 330 g/mol. The van der Waals surface area contributed by atoms with Gasteiger partial charge >= 0.3 is 0 Å². The molecule has 0 unspecified atom stereocenters. The van der Waals surface area contributed by atoms with Crippen molar-refractivity contribution in [2.45, 2.75) is 19.8 Å². The molecule has 0 spiro atoms. The van der Waals surface area contributed by atoms with E-state index in [1.54, 1.807) is 0 Å². The van der Waals surface area contributed by atoms with Crippen LogP contribution in [0.2, 0.25) is 0 Å². The first-order chi connectivity index (χ1) is 12.2. The van der Waals surface area contributed by atoms with Crippen molar-refractivity contribution in [1.82, 2.24) is 4.98 Å². The summed E-state index contributed by atoms with van der Waals surface area (Å²) in [6.45, 7) is 1.81. The molecular weight excluding hydrogens is 312 g/mol. The Morgan fingerprint density at radius 1 is 1.04 bits per heavy atom. The first-order valence-corrected chi connectivity index (χ1v) is 8.32. The number of amides is 1. The Labute approximate surface area is 145 Å². The molecular formula is C21H18N2O2. The Morgan fingerprint density at radius 2 is 1.88 bits per heavy atom. The van der Waals surface area contributed by atoms with Gasteiger partial charge in [0.15, 0.2) is 11.5 Å². The van der Waals surface area contributed by atoms with Crippen molar-refractivity contribution in [3.8, 4) is 0 Å². The third-order valence-corrected chi connectivity index (χ3v) is 4.23. The third kappa shape index (κ3) is 3.38. The van der Waals surface area contributed by atoms with Crippen molar-refractivity contribution in [2.75, 3.05) is 5.32 Å². The summed E-state index contributed by atoms with van der Waals surface area (Å²) in [5, 5.41) is 5.35. The zero-order chi connectivity index (χ0) is 17.2. The molecule has 1 N–H and O–H groups in total. The molecule has 4 heteroatoms. The average Bonchev–Trinajstić information content (AvgIpc) is 2.99. The number of rotatable bonds is 4. The van der Waals surface area contributed by atoms with E-state index in [4.69, 9.17) is 4.42 Å². The smallest absolute Gasteiger partial charge is 0.224 e. The van der Waals surface area contributed by atoms with E-state index in [1.165, 1.54) is 10.8 Å². The van der Waals surface area contributed by atoms with Crippen LogP contribution < -0.4 is 5.32 Å². The number of aryl methyl sites for hydroxylation is 2. The van der Waals surface area contributed by atoms with E-state index in [0.717, 1.165) is 22.4 Å². The molecule has 3 aromatic carbocycles. The number of aromatic nitrogens is 1. The van der Waals surface area contributed by atoms with Gasteiger partial charge in [0.2, 0.25) is 5.91 Å². The number of nitrogens with zero attached hydrogens (tertiary/aromatic N) is 1. The van der Waals surface area contributed by atoms with E-state index >= 15 is 0 Å². The highest BCUT2D eigenvalue weighted by atomic mass is 16.3. The minimum Gasteiger partial charge on any atom is -0.441 e. The summed E-state index contributed by atoms with van der Waals surface area (Å²) in [7, 11) is 0. The summed E-state index contributed by atoms with van der Waals surface area (Å²) < 4.78 is 5.44. The molecule has 0 atom stereocenters. The molecule has 0 aliphatic rings. The van der Waals surface area contributed by atoms with Crippen molar-refractivity contribution in [3.05, 3.63) is 72.1 Å². The van der Waals surface area contributed by atoms with Crippen molar-refractivity contribution in [3.63, 3.8) is 0 Å². The quantitative estimate of drug-likeness (QED) is 0.581. The summed E-state index contributed by atoms with van der Waals surface area (Å²) in [6, 6.07) is 20.1. The normalized spacial score (nSPS) is 11.1. The Kier molecular flexibility index (Phi) is 3.94. The van der Waals surface area contributed by atoms with Crippen LogP contribution in [0.15, 0.2) is 65.1 Å². The molecule has 124 valence electrons. The lowest BCUT2D eigenvalue weighted by Gasteiger charge is -2.06. The number of oxazole rings is 1. The van der Waals surface area contributed by atoms with Crippen LogP contribution in [-0.4, -0.2) is 10.9 Å². The lowest BCUT2D eigenvalue weighted by atomic mass is 10.0. The third-order valence-electron chi connectivity index (χ3n) is 4.23. The first kappa shape index (κ1) is 15.4. The van der Waals surface area contributed by atoms with Crippen LogP contribution in [0, 0.1) is 6.92 Å². The molecule has 0 bridgehead atoms. The minimum absolute atomic E-state index is 0.00674. The fourth-order valence-corrected chi connectivity index (χ4v) is 3.00. The SMILES string of the molecule is Cc1nc2cc(NC(=O)CCc3ccc4ccccc4c3)ccc2o1. The van der Waals surface area contributed by atoms with Gasteiger partial charge in [-0.05, 0) is 41.0 Å². The van der Waals surface area contributed by atoms with Gasteiger partial charge in [0.1, 0.15) is 5.52 Å². The second kappa shape index (κ2) is 6.40. The van der Waals surface area contributed by atoms with E-state index in [-0.39, 0.29) is 5.91 Å². The molecule has 1 heterocycles. The number of fused-ring (bicyclic) bond motifs is 2. The number of nitrogens with one attached hydrogen (secondary N) is 1. The van der Waals surface area contributed by atoms with Gasteiger partial charge in [-0.1, -0.05) is 42.5 Å². The minimum atomic E-state index is -0.00674. The van der Waals surface area contributed by atoms with E-state index in [1.807, 2.05) is 37.3 Å². The van der Waals surface area contributed by atoms with Gasteiger partial charge in [0.25, 0.3) is 0 Å². The summed E-state index contributed by atoms with van der Waals surface area (Å²) in [4.78, 5) is 16.5. The number of hydrogen-bond acceptors (Lipinski definition) is 3. The van der Waals surface area contributed by atoms with E-state index < -0.39 is 0 Å². The van der Waals surface area contributed by atoms with Crippen molar-refractivity contribution < 1.29 is 9.21 Å². The summed E-state index contributed by atoms with van der Waals surface area (Å²) in [6.07, 6.45) is 1.15. The van der Waals surface area contributed by atoms with Crippen LogP contribution in [0.1, 0.15) is 17.9 Å². The number of carbonyl (C=O) groups excluding carboxylic acids is 1. The molecule has 0 saturated heterocycles. The van der Waals surface area contributed by atoms with Crippen LogP contribution in [0.25, 0.3) is 21.9 Å². The molecule has 4 nitrogen and oxygen atoms in total. The van der Waals surface area contributed by atoms with Gasteiger partial charge in [0, 0.05) is 19.0 Å². The molecule has 0 aliphatic carbocycles. The van der Waals surface area contributed by atoms with Crippen LogP contribution in [0.4, 0.5) is 5.69 Å². The predicted molar refractivity (Wildman–Crippen MR) is 99.6 cm³/mol. The van der Waals surface area contributed by atoms with Gasteiger partial charge < -0.3 is 9.73 Å². The number of carbonyl (C=O) groups is 1. The average molecular weight is 330 g/mol. The maximum Gasteiger partial charge on any atom is 0.224 e.